The third-order valence-electron chi connectivity index (χ3n) is 2.75. The Morgan fingerprint density at radius 2 is 1.95 bits per heavy atom. The maximum atomic E-state index is 10.8. The van der Waals surface area contributed by atoms with Gasteiger partial charge in [0, 0.05) is 18.3 Å². The maximum absolute atomic E-state index is 10.8. The Balaban J connectivity index is 2.14. The molecule has 6 heteroatoms. The van der Waals surface area contributed by atoms with Crippen LogP contribution in [-0.2, 0) is 6.54 Å². The fourth-order valence-corrected chi connectivity index (χ4v) is 1.71. The van der Waals surface area contributed by atoms with Gasteiger partial charge in [0.1, 0.15) is 17.4 Å². The first-order chi connectivity index (χ1) is 9.60. The van der Waals surface area contributed by atoms with E-state index in [2.05, 4.69) is 5.32 Å². The van der Waals surface area contributed by atoms with Gasteiger partial charge in [-0.05, 0) is 29.8 Å². The number of nitro benzene ring substituents is 1. The number of nitro groups is 1. The minimum atomic E-state index is -0.579. The van der Waals surface area contributed by atoms with Crippen LogP contribution >= 0.6 is 0 Å². The van der Waals surface area contributed by atoms with E-state index in [0.717, 1.165) is 5.56 Å². The number of rotatable bonds is 4. The zero-order valence-electron chi connectivity index (χ0n) is 10.4. The molecular weight excluding hydrogens is 258 g/mol. The van der Waals surface area contributed by atoms with Crippen molar-refractivity contribution in [3.05, 3.63) is 63.7 Å². The molecule has 0 saturated carbocycles. The van der Waals surface area contributed by atoms with Gasteiger partial charge in [-0.15, -0.1) is 0 Å². The molecule has 2 aromatic rings. The summed E-state index contributed by atoms with van der Waals surface area (Å²) < 4.78 is 0. The van der Waals surface area contributed by atoms with Crippen molar-refractivity contribution in [2.75, 3.05) is 5.32 Å². The molecule has 0 bridgehead atoms. The molecule has 0 fully saturated rings. The van der Waals surface area contributed by atoms with Crippen LogP contribution < -0.4 is 5.32 Å². The summed E-state index contributed by atoms with van der Waals surface area (Å²) in [5.74, 6) is 0.183. The summed E-state index contributed by atoms with van der Waals surface area (Å²) in [5.41, 5.74) is 1.30. The first-order valence-corrected chi connectivity index (χ1v) is 5.80. The van der Waals surface area contributed by atoms with Crippen LogP contribution in [0.4, 0.5) is 11.4 Å². The molecule has 0 heterocycles. The minimum Gasteiger partial charge on any atom is -0.508 e. The van der Waals surface area contributed by atoms with Crippen molar-refractivity contribution >= 4 is 11.4 Å². The van der Waals surface area contributed by atoms with Gasteiger partial charge in [-0.1, -0.05) is 12.1 Å². The van der Waals surface area contributed by atoms with Gasteiger partial charge in [-0.25, -0.2) is 0 Å². The van der Waals surface area contributed by atoms with Gasteiger partial charge in [0.05, 0.1) is 4.92 Å². The van der Waals surface area contributed by atoms with E-state index >= 15 is 0 Å². The lowest BCUT2D eigenvalue weighted by molar-refractivity contribution is -0.385. The van der Waals surface area contributed by atoms with E-state index < -0.39 is 4.92 Å². The first-order valence-electron chi connectivity index (χ1n) is 5.80. The van der Waals surface area contributed by atoms with Gasteiger partial charge in [-0.2, -0.15) is 5.26 Å². The fourth-order valence-electron chi connectivity index (χ4n) is 1.71. The number of phenols is 1. The average Bonchev–Trinajstić information content (AvgIpc) is 2.46. The highest BCUT2D eigenvalue weighted by molar-refractivity contribution is 5.59. The second-order valence-corrected chi connectivity index (χ2v) is 4.12. The van der Waals surface area contributed by atoms with Crippen molar-refractivity contribution in [2.24, 2.45) is 0 Å². The number of benzene rings is 2. The van der Waals surface area contributed by atoms with E-state index in [1.165, 1.54) is 12.1 Å². The molecule has 0 unspecified atom stereocenters. The molecule has 2 aromatic carbocycles. The second-order valence-electron chi connectivity index (χ2n) is 4.12. The lowest BCUT2D eigenvalue weighted by Gasteiger charge is -2.07. The van der Waals surface area contributed by atoms with Crippen LogP contribution in [0, 0.1) is 21.4 Å². The standard InChI is InChI=1S/C14H11N3O3/c15-8-11-3-4-12(7-14(11)17(19)20)16-9-10-1-5-13(18)6-2-10/h1-7,16,18H,9H2. The van der Waals surface area contributed by atoms with Crippen LogP contribution in [0.1, 0.15) is 11.1 Å². The monoisotopic (exact) mass is 269 g/mol. The van der Waals surface area contributed by atoms with Gasteiger partial charge in [-0.3, -0.25) is 10.1 Å². The third kappa shape index (κ3) is 3.03. The highest BCUT2D eigenvalue weighted by Crippen LogP contribution is 2.23. The van der Waals surface area contributed by atoms with Crippen molar-refractivity contribution in [3.8, 4) is 11.8 Å². The fraction of sp³-hybridized carbons (Fsp3) is 0.0714. The minimum absolute atomic E-state index is 0.0326. The Kier molecular flexibility index (Phi) is 3.82. The smallest absolute Gasteiger partial charge is 0.289 e. The molecule has 0 aliphatic carbocycles. The molecule has 20 heavy (non-hydrogen) atoms. The zero-order chi connectivity index (χ0) is 14.5. The van der Waals surface area contributed by atoms with Crippen molar-refractivity contribution < 1.29 is 10.0 Å². The molecule has 0 aromatic heterocycles. The van der Waals surface area contributed by atoms with Crippen LogP contribution in [0.15, 0.2) is 42.5 Å². The van der Waals surface area contributed by atoms with Crippen molar-refractivity contribution in [1.82, 2.24) is 0 Å². The maximum Gasteiger partial charge on any atom is 0.289 e. The highest BCUT2D eigenvalue weighted by atomic mass is 16.6. The Morgan fingerprint density at radius 3 is 2.55 bits per heavy atom. The molecule has 0 spiro atoms. The predicted octanol–water partition coefficient (Wildman–Crippen LogP) is 2.78. The van der Waals surface area contributed by atoms with Crippen molar-refractivity contribution in [3.63, 3.8) is 0 Å². The van der Waals surface area contributed by atoms with Gasteiger partial charge in [0.25, 0.3) is 5.69 Å². The lowest BCUT2D eigenvalue weighted by Crippen LogP contribution is -2.00. The largest absolute Gasteiger partial charge is 0.508 e. The van der Waals surface area contributed by atoms with E-state index in [0.29, 0.717) is 12.2 Å². The molecule has 2 rings (SSSR count). The SMILES string of the molecule is N#Cc1ccc(NCc2ccc(O)cc2)cc1[N+](=O)[O-]. The molecule has 0 atom stereocenters. The third-order valence-corrected chi connectivity index (χ3v) is 2.75. The molecular formula is C14H11N3O3. The van der Waals surface area contributed by atoms with E-state index in [1.807, 2.05) is 0 Å². The number of phenolic OH excluding ortho intramolecular Hbond substituents is 1. The molecule has 0 amide bonds. The number of hydrogen-bond donors (Lipinski definition) is 2. The number of nitrogens with zero attached hydrogens (tertiary/aromatic N) is 2. The Bertz CT molecular complexity index is 675. The number of hydrogen-bond acceptors (Lipinski definition) is 5. The van der Waals surface area contributed by atoms with Gasteiger partial charge < -0.3 is 10.4 Å². The number of anilines is 1. The molecule has 0 saturated heterocycles. The molecule has 2 N–H and O–H groups in total. The van der Waals surface area contributed by atoms with Gasteiger partial charge >= 0.3 is 0 Å². The van der Waals surface area contributed by atoms with Gasteiger partial charge in [0.2, 0.25) is 0 Å². The quantitative estimate of drug-likeness (QED) is 0.656. The Labute approximate surface area is 115 Å². The average molecular weight is 269 g/mol. The summed E-state index contributed by atoms with van der Waals surface area (Å²) in [4.78, 5) is 10.3. The molecule has 6 nitrogen and oxygen atoms in total. The summed E-state index contributed by atoms with van der Waals surface area (Å²) in [7, 11) is 0. The topological polar surface area (TPSA) is 99.2 Å². The summed E-state index contributed by atoms with van der Waals surface area (Å²) >= 11 is 0. The summed E-state index contributed by atoms with van der Waals surface area (Å²) in [5, 5.41) is 31.8. The summed E-state index contributed by atoms with van der Waals surface area (Å²) in [6.07, 6.45) is 0. The molecule has 0 aliphatic rings. The van der Waals surface area contributed by atoms with Crippen molar-refractivity contribution in [1.29, 1.82) is 5.26 Å². The summed E-state index contributed by atoms with van der Waals surface area (Å²) in [6, 6.07) is 12.8. The molecule has 0 radical (unpaired) electrons. The van der Waals surface area contributed by atoms with Crippen LogP contribution in [0.3, 0.4) is 0 Å². The number of nitrogens with one attached hydrogen (secondary N) is 1. The van der Waals surface area contributed by atoms with Crippen molar-refractivity contribution in [2.45, 2.75) is 6.54 Å². The van der Waals surface area contributed by atoms with Gasteiger partial charge in [0.15, 0.2) is 0 Å². The lowest BCUT2D eigenvalue weighted by atomic mass is 10.1. The number of nitriles is 1. The van der Waals surface area contributed by atoms with E-state index in [1.54, 1.807) is 36.4 Å². The second kappa shape index (κ2) is 5.71. The van der Waals surface area contributed by atoms with Crippen LogP contribution in [0.2, 0.25) is 0 Å². The molecule has 0 aliphatic heterocycles. The zero-order valence-corrected chi connectivity index (χ0v) is 10.4. The van der Waals surface area contributed by atoms with Crippen LogP contribution in [-0.4, -0.2) is 10.0 Å². The molecule has 100 valence electrons. The Hall–Kier alpha value is -3.07. The normalized spacial score (nSPS) is 9.75. The van der Waals surface area contributed by atoms with E-state index in [9.17, 15) is 15.2 Å². The van der Waals surface area contributed by atoms with Crippen LogP contribution in [0.5, 0.6) is 5.75 Å². The van der Waals surface area contributed by atoms with Crippen LogP contribution in [0.25, 0.3) is 0 Å². The Morgan fingerprint density at radius 1 is 1.25 bits per heavy atom. The first kappa shape index (κ1) is 13.4. The summed E-state index contributed by atoms with van der Waals surface area (Å²) in [6.45, 7) is 0.462. The number of aromatic hydroxyl groups is 1. The van der Waals surface area contributed by atoms with E-state index in [4.69, 9.17) is 5.26 Å². The van der Waals surface area contributed by atoms with E-state index in [-0.39, 0.29) is 17.0 Å². The highest BCUT2D eigenvalue weighted by Gasteiger charge is 2.13. The predicted molar refractivity (Wildman–Crippen MR) is 73.2 cm³/mol.